The lowest BCUT2D eigenvalue weighted by Crippen LogP contribution is -2.22. The van der Waals surface area contributed by atoms with Crippen molar-refractivity contribution >= 4 is 5.71 Å². The summed E-state index contributed by atoms with van der Waals surface area (Å²) >= 11 is 0. The van der Waals surface area contributed by atoms with Crippen molar-refractivity contribution in [3.05, 3.63) is 24.0 Å². The van der Waals surface area contributed by atoms with E-state index in [4.69, 9.17) is 15.3 Å². The topological polar surface area (TPSA) is 53.3 Å². The van der Waals surface area contributed by atoms with Gasteiger partial charge in [-0.05, 0) is 25.2 Å². The number of ether oxygens (including phenoxy) is 1. The molecule has 0 saturated heterocycles. The predicted molar refractivity (Wildman–Crippen MR) is 43.0 cm³/mol. The number of hydrogen-bond acceptors (Lipinski definition) is 3. The summed E-state index contributed by atoms with van der Waals surface area (Å²) in [5.41, 5.74) is 0.379. The molecule has 0 saturated carbocycles. The van der Waals surface area contributed by atoms with Gasteiger partial charge in [0, 0.05) is 6.61 Å². The Morgan fingerprint density at radius 2 is 2.36 bits per heavy atom. The van der Waals surface area contributed by atoms with Crippen LogP contribution in [0, 0.1) is 5.41 Å². The number of allylic oxidation sites excluding steroid dienone is 1. The van der Waals surface area contributed by atoms with Crippen molar-refractivity contribution in [2.45, 2.75) is 13.0 Å². The zero-order chi connectivity index (χ0) is 8.27. The Kier molecular flexibility index (Phi) is 2.44. The predicted octanol–water partition coefficient (Wildman–Crippen LogP) is 1.42. The average molecular weight is 153 g/mol. The Morgan fingerprint density at radius 1 is 1.64 bits per heavy atom. The minimum atomic E-state index is -0.370. The van der Waals surface area contributed by atoms with Crippen LogP contribution in [0.15, 0.2) is 24.0 Å². The highest BCUT2D eigenvalue weighted by atomic mass is 16.5. The lowest BCUT2D eigenvalue weighted by molar-refractivity contribution is 0.137. The van der Waals surface area contributed by atoms with E-state index in [-0.39, 0.29) is 11.9 Å². The second kappa shape index (κ2) is 3.34. The molecule has 0 aromatic carbocycles. The zero-order valence-corrected chi connectivity index (χ0v) is 6.37. The Bertz CT molecular complexity index is 218. The Labute approximate surface area is 65.5 Å². The normalized spacial score (nSPS) is 23.5. The number of hydrogen-bond donors (Lipinski definition) is 2. The maximum absolute atomic E-state index is 9.02. The van der Waals surface area contributed by atoms with Crippen LogP contribution in [0.5, 0.6) is 0 Å². The maximum atomic E-state index is 9.02. The highest BCUT2D eigenvalue weighted by Gasteiger charge is 2.13. The highest BCUT2D eigenvalue weighted by molar-refractivity contribution is 5.98. The molecule has 0 bridgehead atoms. The van der Waals surface area contributed by atoms with Gasteiger partial charge in [-0.15, -0.1) is 0 Å². The van der Waals surface area contributed by atoms with Crippen molar-refractivity contribution in [1.82, 2.24) is 0 Å². The molecule has 1 atom stereocenters. The molecule has 0 aromatic rings. The molecule has 1 aliphatic carbocycles. The van der Waals surface area contributed by atoms with E-state index >= 15 is 0 Å². The summed E-state index contributed by atoms with van der Waals surface area (Å²) in [7, 11) is 0. The molecule has 1 rings (SSSR count). The first-order valence-corrected chi connectivity index (χ1v) is 3.53. The molecule has 0 aromatic heterocycles. The fourth-order valence-electron chi connectivity index (χ4n) is 0.888. The molecular weight excluding hydrogens is 142 g/mol. The summed E-state index contributed by atoms with van der Waals surface area (Å²) in [6.07, 6.45) is 4.17. The molecule has 60 valence electrons. The molecule has 0 amide bonds. The molecule has 11 heavy (non-hydrogen) atoms. The lowest BCUT2D eigenvalue weighted by atomic mass is 10.1. The molecule has 0 spiro atoms. The Hall–Kier alpha value is -1.09. The van der Waals surface area contributed by atoms with Crippen LogP contribution in [0.4, 0.5) is 0 Å². The summed E-state index contributed by atoms with van der Waals surface area (Å²) in [4.78, 5) is 0. The van der Waals surface area contributed by atoms with Gasteiger partial charge in [0.2, 0.25) is 0 Å². The standard InChI is InChI=1S/C8H11NO2/c1-2-11-8-5-6(10)3-4-7(8)9/h3-5,8-10H,2H2,1H3/t8-/m0/s1. The van der Waals surface area contributed by atoms with Crippen LogP contribution >= 0.6 is 0 Å². The van der Waals surface area contributed by atoms with Gasteiger partial charge in [0.1, 0.15) is 11.9 Å². The third kappa shape index (κ3) is 1.91. The molecule has 0 radical (unpaired) electrons. The first-order chi connectivity index (χ1) is 5.24. The van der Waals surface area contributed by atoms with E-state index in [1.807, 2.05) is 6.92 Å². The van der Waals surface area contributed by atoms with E-state index in [0.29, 0.717) is 12.3 Å². The van der Waals surface area contributed by atoms with Crippen LogP contribution < -0.4 is 0 Å². The summed E-state index contributed by atoms with van der Waals surface area (Å²) in [5, 5.41) is 16.4. The van der Waals surface area contributed by atoms with Crippen molar-refractivity contribution in [3.63, 3.8) is 0 Å². The van der Waals surface area contributed by atoms with Crippen molar-refractivity contribution in [1.29, 1.82) is 5.41 Å². The van der Waals surface area contributed by atoms with Gasteiger partial charge in [-0.3, -0.25) is 0 Å². The number of rotatable bonds is 2. The first-order valence-electron chi connectivity index (χ1n) is 3.53. The molecule has 0 unspecified atom stereocenters. The molecular formula is C8H11NO2. The van der Waals surface area contributed by atoms with Gasteiger partial charge in [0.05, 0.1) is 5.71 Å². The lowest BCUT2D eigenvalue weighted by Gasteiger charge is -2.14. The van der Waals surface area contributed by atoms with E-state index in [9.17, 15) is 0 Å². The van der Waals surface area contributed by atoms with Crippen LogP contribution in [0.2, 0.25) is 0 Å². The Morgan fingerprint density at radius 3 is 3.00 bits per heavy atom. The minimum absolute atomic E-state index is 0.166. The second-order valence-corrected chi connectivity index (χ2v) is 2.26. The summed E-state index contributed by atoms with van der Waals surface area (Å²) in [5.74, 6) is 0.166. The smallest absolute Gasteiger partial charge is 0.121 e. The largest absolute Gasteiger partial charge is 0.508 e. The molecule has 2 N–H and O–H groups in total. The van der Waals surface area contributed by atoms with E-state index in [2.05, 4.69) is 0 Å². The molecule has 0 aliphatic heterocycles. The third-order valence-corrected chi connectivity index (χ3v) is 1.41. The van der Waals surface area contributed by atoms with E-state index in [1.54, 1.807) is 0 Å². The third-order valence-electron chi connectivity index (χ3n) is 1.41. The molecule has 3 heteroatoms. The van der Waals surface area contributed by atoms with Crippen molar-refractivity contribution in [2.24, 2.45) is 0 Å². The number of aliphatic hydroxyl groups excluding tert-OH is 1. The van der Waals surface area contributed by atoms with Crippen molar-refractivity contribution in [3.8, 4) is 0 Å². The zero-order valence-electron chi connectivity index (χ0n) is 6.37. The monoisotopic (exact) mass is 153 g/mol. The number of nitrogens with one attached hydrogen (secondary N) is 1. The number of aliphatic hydroxyl groups is 1. The van der Waals surface area contributed by atoms with Crippen molar-refractivity contribution < 1.29 is 9.84 Å². The van der Waals surface area contributed by atoms with Crippen LogP contribution in [0.3, 0.4) is 0 Å². The minimum Gasteiger partial charge on any atom is -0.508 e. The van der Waals surface area contributed by atoms with Crippen molar-refractivity contribution in [2.75, 3.05) is 6.61 Å². The molecule has 3 nitrogen and oxygen atoms in total. The van der Waals surface area contributed by atoms with Gasteiger partial charge in [-0.1, -0.05) is 0 Å². The quantitative estimate of drug-likeness (QED) is 0.630. The maximum Gasteiger partial charge on any atom is 0.121 e. The van der Waals surface area contributed by atoms with Gasteiger partial charge in [0.15, 0.2) is 0 Å². The van der Waals surface area contributed by atoms with Crippen LogP contribution in [-0.2, 0) is 4.74 Å². The van der Waals surface area contributed by atoms with Gasteiger partial charge in [0.25, 0.3) is 0 Å². The van der Waals surface area contributed by atoms with Crippen LogP contribution in [-0.4, -0.2) is 23.5 Å². The summed E-state index contributed by atoms with van der Waals surface area (Å²) < 4.78 is 5.15. The molecule has 0 fully saturated rings. The van der Waals surface area contributed by atoms with Crippen LogP contribution in [0.25, 0.3) is 0 Å². The van der Waals surface area contributed by atoms with Gasteiger partial charge in [-0.2, -0.15) is 0 Å². The van der Waals surface area contributed by atoms with E-state index < -0.39 is 0 Å². The highest BCUT2D eigenvalue weighted by Crippen LogP contribution is 2.08. The van der Waals surface area contributed by atoms with E-state index in [1.165, 1.54) is 18.2 Å². The fraction of sp³-hybridized carbons (Fsp3) is 0.375. The van der Waals surface area contributed by atoms with Gasteiger partial charge < -0.3 is 15.3 Å². The summed E-state index contributed by atoms with van der Waals surface area (Å²) in [6.45, 7) is 2.40. The Balaban J connectivity index is 2.65. The molecule has 0 heterocycles. The molecule has 1 aliphatic rings. The SMILES string of the molecule is CCO[C@H]1C=C(O)C=CC1=N. The van der Waals surface area contributed by atoms with Gasteiger partial charge in [-0.25, -0.2) is 0 Å². The van der Waals surface area contributed by atoms with Gasteiger partial charge >= 0.3 is 0 Å². The van der Waals surface area contributed by atoms with Crippen LogP contribution in [0.1, 0.15) is 6.92 Å². The van der Waals surface area contributed by atoms with E-state index in [0.717, 1.165) is 0 Å². The fourth-order valence-corrected chi connectivity index (χ4v) is 0.888. The average Bonchev–Trinajstić information content (AvgIpc) is 1.98. The summed E-state index contributed by atoms with van der Waals surface area (Å²) in [6, 6.07) is 0. The second-order valence-electron chi connectivity index (χ2n) is 2.26. The first kappa shape index (κ1) is 8.01.